The van der Waals surface area contributed by atoms with Gasteiger partial charge < -0.3 is 19.9 Å². The van der Waals surface area contributed by atoms with Crippen LogP contribution in [0.4, 0.5) is 26.0 Å². The molecule has 54 heavy (non-hydrogen) atoms. The third-order valence-electron chi connectivity index (χ3n) is 11.2. The van der Waals surface area contributed by atoms with Gasteiger partial charge in [-0.1, -0.05) is 24.3 Å². The van der Waals surface area contributed by atoms with Gasteiger partial charge in [-0.3, -0.25) is 14.4 Å². The lowest BCUT2D eigenvalue weighted by atomic mass is 9.73. The molecule has 0 radical (unpaired) electrons. The Labute approximate surface area is 315 Å². The predicted octanol–water partition coefficient (Wildman–Crippen LogP) is 8.46. The van der Waals surface area contributed by atoms with Gasteiger partial charge in [0.2, 0.25) is 0 Å². The van der Waals surface area contributed by atoms with Gasteiger partial charge in [0.1, 0.15) is 17.5 Å². The lowest BCUT2D eigenvalue weighted by Crippen LogP contribution is -2.59. The van der Waals surface area contributed by atoms with Crippen LogP contribution in [0.5, 0.6) is 0 Å². The highest BCUT2D eigenvalue weighted by atomic mass is 32.1. The fourth-order valence-electron chi connectivity index (χ4n) is 8.01. The number of hydrogen-bond donors (Lipinski definition) is 1. The summed E-state index contributed by atoms with van der Waals surface area (Å²) in [5.41, 5.74) is 5.13. The first-order chi connectivity index (χ1) is 26.2. The number of aromatic nitrogens is 1. The summed E-state index contributed by atoms with van der Waals surface area (Å²) < 4.78 is 34.2. The van der Waals surface area contributed by atoms with E-state index in [4.69, 9.17) is 9.72 Å². The molecule has 0 unspecified atom stereocenters. The van der Waals surface area contributed by atoms with Crippen LogP contribution in [0.2, 0.25) is 0 Å². The van der Waals surface area contributed by atoms with Crippen molar-refractivity contribution in [3.05, 3.63) is 129 Å². The molecule has 3 aliphatic heterocycles. The quantitative estimate of drug-likeness (QED) is 0.160. The van der Waals surface area contributed by atoms with Crippen molar-refractivity contribution in [3.8, 4) is 10.4 Å². The number of ketones is 1. The van der Waals surface area contributed by atoms with Crippen LogP contribution in [0.15, 0.2) is 85.1 Å². The van der Waals surface area contributed by atoms with Crippen LogP contribution < -0.4 is 15.1 Å². The Morgan fingerprint density at radius 3 is 2.41 bits per heavy atom. The number of thiophene rings is 1. The Morgan fingerprint density at radius 2 is 1.67 bits per heavy atom. The maximum atomic E-state index is 14.3. The van der Waals surface area contributed by atoms with Crippen LogP contribution in [0.3, 0.4) is 0 Å². The van der Waals surface area contributed by atoms with E-state index in [1.54, 1.807) is 35.2 Å². The number of para-hydroxylation sites is 1. The Hall–Kier alpha value is -5.26. The second-order valence-electron chi connectivity index (χ2n) is 14.9. The second-order valence-corrected chi connectivity index (χ2v) is 16.0. The van der Waals surface area contributed by atoms with Gasteiger partial charge in [0, 0.05) is 78.1 Å². The maximum absolute atomic E-state index is 14.3. The van der Waals surface area contributed by atoms with E-state index in [-0.39, 0.29) is 35.0 Å². The van der Waals surface area contributed by atoms with Crippen molar-refractivity contribution in [2.75, 3.05) is 48.0 Å². The molecule has 11 heteroatoms. The first-order valence-corrected chi connectivity index (χ1v) is 19.3. The Balaban J connectivity index is 0.914. The van der Waals surface area contributed by atoms with E-state index >= 15 is 0 Å². The third-order valence-corrected chi connectivity index (χ3v) is 12.5. The molecule has 4 aliphatic rings. The maximum Gasteiger partial charge on any atom is 0.259 e. The largest absolute Gasteiger partial charge is 0.381 e. The average Bonchev–Trinajstić information content (AvgIpc) is 3.97. The number of fused-ring (bicyclic) bond motifs is 3. The van der Waals surface area contributed by atoms with Gasteiger partial charge in [-0.05, 0) is 104 Å². The van der Waals surface area contributed by atoms with Gasteiger partial charge in [0.25, 0.3) is 11.8 Å². The van der Waals surface area contributed by atoms with Crippen LogP contribution in [0.1, 0.15) is 78.7 Å². The van der Waals surface area contributed by atoms with E-state index in [9.17, 15) is 23.2 Å². The number of carbonyl (C=O) groups excluding carboxylic acids is 3. The fraction of sp³-hybridized carbons (Fsp3) is 0.302. The highest BCUT2D eigenvalue weighted by Crippen LogP contribution is 2.45. The molecular formula is C43H38F2N4O4S. The molecule has 5 heterocycles. The van der Waals surface area contributed by atoms with Crippen LogP contribution in [-0.2, 0) is 17.6 Å². The van der Waals surface area contributed by atoms with Crippen molar-refractivity contribution in [1.29, 1.82) is 0 Å². The molecule has 1 N–H and O–H groups in total. The number of ether oxygens (including phenoxy) is 1. The number of benzene rings is 3. The molecule has 0 bridgehead atoms. The Morgan fingerprint density at radius 1 is 0.926 bits per heavy atom. The van der Waals surface area contributed by atoms with Gasteiger partial charge in [-0.25, -0.2) is 13.8 Å². The van der Waals surface area contributed by atoms with Crippen LogP contribution in [-0.4, -0.2) is 55.4 Å². The van der Waals surface area contributed by atoms with Gasteiger partial charge in [-0.2, -0.15) is 0 Å². The molecule has 1 aliphatic carbocycles. The van der Waals surface area contributed by atoms with Crippen molar-refractivity contribution in [1.82, 2.24) is 4.98 Å². The second kappa shape index (κ2) is 13.9. The summed E-state index contributed by atoms with van der Waals surface area (Å²) in [6.45, 7) is 3.66. The summed E-state index contributed by atoms with van der Waals surface area (Å²) in [5, 5.41) is 3.06. The number of anilines is 3. The highest BCUT2D eigenvalue weighted by Gasteiger charge is 2.45. The Kier molecular flexibility index (Phi) is 8.86. The Bertz CT molecular complexity index is 2270. The molecule has 3 aromatic carbocycles. The minimum atomic E-state index is -0.743. The van der Waals surface area contributed by atoms with Gasteiger partial charge in [0.15, 0.2) is 5.78 Å². The molecule has 274 valence electrons. The fourth-order valence-corrected chi connectivity index (χ4v) is 9.19. The lowest BCUT2D eigenvalue weighted by molar-refractivity contribution is -0.000512. The SMILES string of the molecule is O=C(Cc1c(F)cccc1F)c1cc2c(s1)-c1ccccc1N(C(=O)c1ccc(NC(=O)c3cc(C4CC4)cnc3N3CC4(CCOCC4)C3)cc1)CC2. The number of pyridine rings is 1. The summed E-state index contributed by atoms with van der Waals surface area (Å²) in [5.74, 6) is -1.09. The molecule has 3 fully saturated rings. The number of hydrogen-bond acceptors (Lipinski definition) is 7. The van der Waals surface area contributed by atoms with Crippen LogP contribution in [0, 0.1) is 17.0 Å². The lowest BCUT2D eigenvalue weighted by Gasteiger charge is -2.53. The zero-order valence-corrected chi connectivity index (χ0v) is 30.4. The van der Waals surface area contributed by atoms with E-state index in [1.807, 2.05) is 36.5 Å². The molecular weight excluding hydrogens is 707 g/mol. The number of halogens is 2. The standard InChI is InChI=1S/C43H38F2N4O4S/c44-34-5-3-6-35(45)32(34)22-37(50)38-21-28-14-17-49(36-7-2-1-4-31(36)39(28)54-38)42(52)27-10-12-30(13-11-27)47-41(51)33-20-29(26-8-9-26)23-46-40(33)48-24-43(25-48)15-18-53-19-16-43/h1-7,10-13,20-21,23,26H,8-9,14-19,22,24-25H2,(H,47,51). The topological polar surface area (TPSA) is 91.8 Å². The molecule has 9 rings (SSSR count). The normalized spacial score (nSPS) is 17.3. The molecule has 2 amide bonds. The van der Waals surface area contributed by atoms with Crippen LogP contribution in [0.25, 0.3) is 10.4 Å². The van der Waals surface area contributed by atoms with E-state index in [0.29, 0.717) is 52.1 Å². The highest BCUT2D eigenvalue weighted by molar-refractivity contribution is 7.17. The van der Waals surface area contributed by atoms with Gasteiger partial charge >= 0.3 is 0 Å². The summed E-state index contributed by atoms with van der Waals surface area (Å²) in [4.78, 5) is 51.2. The summed E-state index contributed by atoms with van der Waals surface area (Å²) in [6, 6.07) is 21.9. The minimum absolute atomic E-state index is 0.190. The zero-order valence-electron chi connectivity index (χ0n) is 29.6. The van der Waals surface area contributed by atoms with Crippen LogP contribution >= 0.6 is 11.3 Å². The van der Waals surface area contributed by atoms with Crippen molar-refractivity contribution >= 4 is 46.1 Å². The van der Waals surface area contributed by atoms with Crippen molar-refractivity contribution in [3.63, 3.8) is 0 Å². The van der Waals surface area contributed by atoms with Crippen molar-refractivity contribution < 1.29 is 27.9 Å². The molecule has 8 nitrogen and oxygen atoms in total. The molecule has 2 saturated heterocycles. The molecule has 2 aromatic heterocycles. The van der Waals surface area contributed by atoms with E-state index in [2.05, 4.69) is 10.2 Å². The summed E-state index contributed by atoms with van der Waals surface area (Å²) in [6.07, 6.45) is 6.31. The van der Waals surface area contributed by atoms with Gasteiger partial charge in [-0.15, -0.1) is 11.3 Å². The first kappa shape index (κ1) is 34.5. The monoisotopic (exact) mass is 744 g/mol. The number of carbonyl (C=O) groups is 3. The molecule has 0 atom stereocenters. The molecule has 5 aromatic rings. The van der Waals surface area contributed by atoms with Gasteiger partial charge in [0.05, 0.1) is 16.1 Å². The minimum Gasteiger partial charge on any atom is -0.381 e. The van der Waals surface area contributed by atoms with Crippen molar-refractivity contribution in [2.45, 2.75) is 44.4 Å². The predicted molar refractivity (Wildman–Crippen MR) is 205 cm³/mol. The smallest absolute Gasteiger partial charge is 0.259 e. The third kappa shape index (κ3) is 6.49. The number of rotatable bonds is 8. The first-order valence-electron chi connectivity index (χ1n) is 18.5. The van der Waals surface area contributed by atoms with E-state index < -0.39 is 11.6 Å². The van der Waals surface area contributed by atoms with Crippen molar-refractivity contribution in [2.24, 2.45) is 5.41 Å². The number of amides is 2. The number of nitrogens with zero attached hydrogens (tertiary/aromatic N) is 3. The molecule has 1 spiro atoms. The number of Topliss-reactive ketones (excluding diaryl/α,β-unsaturated/α-hetero) is 1. The average molecular weight is 745 g/mol. The summed E-state index contributed by atoms with van der Waals surface area (Å²) in [7, 11) is 0. The zero-order chi connectivity index (χ0) is 37.0. The summed E-state index contributed by atoms with van der Waals surface area (Å²) >= 11 is 1.28. The van der Waals surface area contributed by atoms with E-state index in [1.165, 1.54) is 17.4 Å². The number of nitrogens with one attached hydrogen (secondary N) is 1. The molecule has 1 saturated carbocycles. The van der Waals surface area contributed by atoms with E-state index in [0.717, 1.165) is 85.7 Å².